The minimum atomic E-state index is -0.873. The highest BCUT2D eigenvalue weighted by Gasteiger charge is 2.21. The number of nitrogens with zero attached hydrogens (tertiary/aromatic N) is 1. The average molecular weight is 328 g/mol. The molecule has 0 aliphatic heterocycles. The number of aromatic nitrogens is 1. The van der Waals surface area contributed by atoms with E-state index in [0.717, 1.165) is 12.0 Å². The molecule has 1 heterocycles. The summed E-state index contributed by atoms with van der Waals surface area (Å²) in [5.74, 6) is 0.535. The Morgan fingerprint density at radius 3 is 2.73 bits per heavy atom. The lowest BCUT2D eigenvalue weighted by Crippen LogP contribution is -2.45. The first kappa shape index (κ1) is 18.7. The first-order valence-corrected chi connectivity index (χ1v) is 8.01. The lowest BCUT2D eigenvalue weighted by molar-refractivity contribution is 0.0477. The van der Waals surface area contributed by atoms with Crippen molar-refractivity contribution in [3.05, 3.63) is 29.0 Å². The average Bonchev–Trinajstić information content (AvgIpc) is 2.45. The van der Waals surface area contributed by atoms with Gasteiger partial charge in [0, 0.05) is 19.3 Å². The number of hydrogen-bond acceptors (Lipinski definition) is 3. The molecule has 2 amide bonds. The number of nitrogens with one attached hydrogen (secondary N) is 2. The van der Waals surface area contributed by atoms with Crippen LogP contribution in [-0.4, -0.2) is 34.8 Å². The van der Waals surface area contributed by atoms with Crippen molar-refractivity contribution in [1.29, 1.82) is 0 Å². The fraction of sp³-hybridized carbons (Fsp3) is 0.625. The molecule has 5 nitrogen and oxygen atoms in total. The topological polar surface area (TPSA) is 74.2 Å². The number of pyridine rings is 1. The zero-order chi connectivity index (χ0) is 16.6. The summed E-state index contributed by atoms with van der Waals surface area (Å²) in [7, 11) is 0. The second-order valence-electron chi connectivity index (χ2n) is 6.28. The highest BCUT2D eigenvalue weighted by Crippen LogP contribution is 2.15. The van der Waals surface area contributed by atoms with Crippen molar-refractivity contribution in [3.8, 4) is 0 Å². The molecule has 1 unspecified atom stereocenters. The summed E-state index contributed by atoms with van der Waals surface area (Å²) in [6.07, 6.45) is 3.97. The second kappa shape index (κ2) is 8.96. The van der Waals surface area contributed by atoms with E-state index in [9.17, 15) is 9.90 Å². The summed E-state index contributed by atoms with van der Waals surface area (Å²) in [5, 5.41) is 16.1. The molecular weight excluding hydrogens is 302 g/mol. The van der Waals surface area contributed by atoms with Gasteiger partial charge in [0.15, 0.2) is 0 Å². The van der Waals surface area contributed by atoms with Gasteiger partial charge in [-0.1, -0.05) is 31.5 Å². The molecule has 124 valence electrons. The number of carbonyl (C=O) groups is 1. The first-order chi connectivity index (χ1) is 10.3. The zero-order valence-electron chi connectivity index (χ0n) is 13.5. The third kappa shape index (κ3) is 8.20. The number of rotatable bonds is 8. The van der Waals surface area contributed by atoms with E-state index in [-0.39, 0.29) is 12.6 Å². The summed E-state index contributed by atoms with van der Waals surface area (Å²) < 4.78 is 0. The Labute approximate surface area is 137 Å². The maximum atomic E-state index is 11.7. The van der Waals surface area contributed by atoms with Crippen LogP contribution < -0.4 is 10.6 Å². The fourth-order valence-corrected chi connectivity index (χ4v) is 2.01. The van der Waals surface area contributed by atoms with E-state index >= 15 is 0 Å². The Kier molecular flexibility index (Phi) is 7.62. The van der Waals surface area contributed by atoms with Crippen LogP contribution in [0, 0.1) is 5.92 Å². The molecule has 0 aliphatic rings. The van der Waals surface area contributed by atoms with E-state index in [1.165, 1.54) is 0 Å². The van der Waals surface area contributed by atoms with Gasteiger partial charge < -0.3 is 15.7 Å². The second-order valence-corrected chi connectivity index (χ2v) is 6.67. The number of hydrogen-bond donors (Lipinski definition) is 3. The molecule has 1 aromatic heterocycles. The van der Waals surface area contributed by atoms with Crippen LogP contribution in [0.2, 0.25) is 5.15 Å². The molecule has 0 fully saturated rings. The smallest absolute Gasteiger partial charge is 0.314 e. The molecular formula is C16H26ClN3O2. The van der Waals surface area contributed by atoms with Crippen molar-refractivity contribution < 1.29 is 9.90 Å². The van der Waals surface area contributed by atoms with Gasteiger partial charge in [-0.3, -0.25) is 0 Å². The molecule has 0 aliphatic carbocycles. The van der Waals surface area contributed by atoms with Gasteiger partial charge in [-0.05, 0) is 43.7 Å². The molecule has 0 aromatic carbocycles. The maximum absolute atomic E-state index is 11.7. The third-order valence-electron chi connectivity index (χ3n) is 3.38. The molecule has 1 rings (SSSR count). The van der Waals surface area contributed by atoms with Crippen LogP contribution in [-0.2, 0) is 6.42 Å². The van der Waals surface area contributed by atoms with E-state index in [4.69, 9.17) is 11.6 Å². The van der Waals surface area contributed by atoms with Crippen molar-refractivity contribution in [2.45, 2.75) is 45.6 Å². The summed E-state index contributed by atoms with van der Waals surface area (Å²) in [6.45, 7) is 6.72. The number of aliphatic hydroxyl groups is 1. The van der Waals surface area contributed by atoms with Crippen molar-refractivity contribution >= 4 is 17.6 Å². The Bertz CT molecular complexity index is 461. The predicted octanol–water partition coefficient (Wildman–Crippen LogP) is 2.76. The standard InChI is InChI=1S/C16H26ClN3O2/c1-12(2)6-8-16(3,22)11-20-15(21)18-9-7-13-4-5-14(17)19-10-13/h4-5,10,12,22H,6-9,11H2,1-3H3,(H2,18,20,21). The minimum absolute atomic E-state index is 0.244. The van der Waals surface area contributed by atoms with Gasteiger partial charge in [-0.15, -0.1) is 0 Å². The quantitative estimate of drug-likeness (QED) is 0.643. The van der Waals surface area contributed by atoms with Crippen LogP contribution in [0.5, 0.6) is 0 Å². The summed E-state index contributed by atoms with van der Waals surface area (Å²) in [4.78, 5) is 15.7. The third-order valence-corrected chi connectivity index (χ3v) is 3.60. The summed E-state index contributed by atoms with van der Waals surface area (Å²) in [6, 6.07) is 3.33. The van der Waals surface area contributed by atoms with E-state index in [0.29, 0.717) is 30.5 Å². The Balaban J connectivity index is 2.21. The van der Waals surface area contributed by atoms with E-state index in [1.54, 1.807) is 19.2 Å². The van der Waals surface area contributed by atoms with E-state index in [2.05, 4.69) is 29.5 Å². The summed E-state index contributed by atoms with van der Waals surface area (Å²) >= 11 is 5.71. The monoisotopic (exact) mass is 327 g/mol. The molecule has 3 N–H and O–H groups in total. The molecule has 0 bridgehead atoms. The molecule has 6 heteroatoms. The van der Waals surface area contributed by atoms with Crippen LogP contribution in [0.3, 0.4) is 0 Å². The van der Waals surface area contributed by atoms with Crippen molar-refractivity contribution in [2.75, 3.05) is 13.1 Å². The highest BCUT2D eigenvalue weighted by molar-refractivity contribution is 6.29. The lowest BCUT2D eigenvalue weighted by Gasteiger charge is -2.24. The molecule has 0 saturated carbocycles. The van der Waals surface area contributed by atoms with E-state index in [1.807, 2.05) is 6.07 Å². The van der Waals surface area contributed by atoms with Crippen LogP contribution >= 0.6 is 11.6 Å². The van der Waals surface area contributed by atoms with Crippen molar-refractivity contribution in [1.82, 2.24) is 15.6 Å². The number of halogens is 1. The van der Waals surface area contributed by atoms with Gasteiger partial charge in [0.1, 0.15) is 5.15 Å². The maximum Gasteiger partial charge on any atom is 0.314 e. The molecule has 0 spiro atoms. The summed E-state index contributed by atoms with van der Waals surface area (Å²) in [5.41, 5.74) is 0.135. The van der Waals surface area contributed by atoms with Gasteiger partial charge in [0.2, 0.25) is 0 Å². The Hall–Kier alpha value is -1.33. The van der Waals surface area contributed by atoms with Crippen LogP contribution in [0.15, 0.2) is 18.3 Å². The number of carbonyl (C=O) groups excluding carboxylic acids is 1. The number of urea groups is 1. The van der Waals surface area contributed by atoms with Gasteiger partial charge in [0.05, 0.1) is 5.60 Å². The molecule has 0 radical (unpaired) electrons. The van der Waals surface area contributed by atoms with Gasteiger partial charge >= 0.3 is 6.03 Å². The SMILES string of the molecule is CC(C)CCC(C)(O)CNC(=O)NCCc1ccc(Cl)nc1. The predicted molar refractivity (Wildman–Crippen MR) is 89.0 cm³/mol. The Morgan fingerprint density at radius 2 is 2.14 bits per heavy atom. The largest absolute Gasteiger partial charge is 0.388 e. The Morgan fingerprint density at radius 1 is 1.41 bits per heavy atom. The van der Waals surface area contributed by atoms with Gasteiger partial charge in [0.25, 0.3) is 0 Å². The zero-order valence-corrected chi connectivity index (χ0v) is 14.3. The molecule has 1 aromatic rings. The fourth-order valence-electron chi connectivity index (χ4n) is 1.90. The van der Waals surface area contributed by atoms with Gasteiger partial charge in [-0.25, -0.2) is 9.78 Å². The molecule has 0 saturated heterocycles. The minimum Gasteiger partial charge on any atom is -0.388 e. The van der Waals surface area contributed by atoms with E-state index < -0.39 is 5.60 Å². The molecule has 22 heavy (non-hydrogen) atoms. The van der Waals surface area contributed by atoms with Crippen LogP contribution in [0.4, 0.5) is 4.79 Å². The molecule has 1 atom stereocenters. The lowest BCUT2D eigenvalue weighted by atomic mass is 9.95. The highest BCUT2D eigenvalue weighted by atomic mass is 35.5. The van der Waals surface area contributed by atoms with Crippen LogP contribution in [0.25, 0.3) is 0 Å². The first-order valence-electron chi connectivity index (χ1n) is 7.63. The van der Waals surface area contributed by atoms with Crippen molar-refractivity contribution in [3.63, 3.8) is 0 Å². The van der Waals surface area contributed by atoms with Crippen molar-refractivity contribution in [2.24, 2.45) is 5.92 Å². The van der Waals surface area contributed by atoms with Crippen LogP contribution in [0.1, 0.15) is 39.2 Å². The van der Waals surface area contributed by atoms with Gasteiger partial charge in [-0.2, -0.15) is 0 Å². The number of amides is 2. The normalized spacial score (nSPS) is 13.7.